The zero-order valence-corrected chi connectivity index (χ0v) is 24.9. The largest absolute Gasteiger partial charge is 0.491 e. The van der Waals surface area contributed by atoms with Crippen molar-refractivity contribution in [1.29, 1.82) is 0 Å². The van der Waals surface area contributed by atoms with Crippen LogP contribution in [0.3, 0.4) is 0 Å². The van der Waals surface area contributed by atoms with Gasteiger partial charge in [-0.05, 0) is 24.3 Å². The summed E-state index contributed by atoms with van der Waals surface area (Å²) >= 11 is 13.0. The summed E-state index contributed by atoms with van der Waals surface area (Å²) in [6, 6.07) is 8.34. The number of hydrogen-bond acceptors (Lipinski definition) is 10. The minimum absolute atomic E-state index is 0.0313. The third-order valence-electron chi connectivity index (χ3n) is 6.11. The Labute approximate surface area is 260 Å². The Hall–Kier alpha value is -4.22. The molecule has 3 aromatic carbocycles. The monoisotopic (exact) mass is 681 g/mol. The second-order valence-electron chi connectivity index (χ2n) is 8.90. The van der Waals surface area contributed by atoms with Crippen molar-refractivity contribution in [3.63, 3.8) is 0 Å². The number of halogens is 5. The number of rotatable bonds is 9. The lowest BCUT2D eigenvalue weighted by Crippen LogP contribution is -2.15. The Kier molecular flexibility index (Phi) is 7.93. The standard InChI is InChI=1S/C26H16Cl2F3N7O4S2/c27-13-2-1-3-18(19(13)28)44(40,41)37-16-5-4-14(29)22(20(16)31)35-24-23-25(33-10-32-24)43-26(36-23)38-11-34-21-15(30)8-12(9-17(21)38)42-7-6-39/h1-5,8-11,37,39H,6-7H2,(H,32,33,35). The first kappa shape index (κ1) is 29.8. The Morgan fingerprint density at radius 3 is 2.64 bits per heavy atom. The highest BCUT2D eigenvalue weighted by Crippen LogP contribution is 2.36. The number of ether oxygens (including phenoxy) is 1. The van der Waals surface area contributed by atoms with Crippen LogP contribution in [0.5, 0.6) is 5.75 Å². The molecule has 6 rings (SSSR count). The van der Waals surface area contributed by atoms with Crippen molar-refractivity contribution in [1.82, 2.24) is 24.5 Å². The third kappa shape index (κ3) is 5.46. The molecule has 44 heavy (non-hydrogen) atoms. The minimum Gasteiger partial charge on any atom is -0.491 e. The molecule has 0 fully saturated rings. The van der Waals surface area contributed by atoms with Crippen molar-refractivity contribution in [2.75, 3.05) is 23.3 Å². The molecule has 0 saturated carbocycles. The second-order valence-corrected chi connectivity index (χ2v) is 12.3. The van der Waals surface area contributed by atoms with Crippen LogP contribution >= 0.6 is 34.5 Å². The predicted molar refractivity (Wildman–Crippen MR) is 159 cm³/mol. The number of fused-ring (bicyclic) bond motifs is 2. The van der Waals surface area contributed by atoms with Gasteiger partial charge in [0.15, 0.2) is 27.4 Å². The fraction of sp³-hybridized carbons (Fsp3) is 0.0769. The number of aromatic nitrogens is 5. The van der Waals surface area contributed by atoms with E-state index >= 15 is 4.39 Å². The smallest absolute Gasteiger partial charge is 0.263 e. The lowest BCUT2D eigenvalue weighted by atomic mass is 10.2. The number of thiazole rings is 1. The SMILES string of the molecule is O=S(=O)(Nc1ccc(F)c(Nc2ncnc3sc(-n4cnc5c(F)cc(OCCO)cc54)nc23)c1F)c1cccc(Cl)c1Cl. The van der Waals surface area contributed by atoms with Crippen LogP contribution in [0, 0.1) is 17.5 Å². The number of aliphatic hydroxyl groups is 1. The summed E-state index contributed by atoms with van der Waals surface area (Å²) in [7, 11) is -4.43. The molecule has 0 saturated heterocycles. The van der Waals surface area contributed by atoms with Gasteiger partial charge in [-0.3, -0.25) is 9.29 Å². The van der Waals surface area contributed by atoms with Crippen LogP contribution in [0.25, 0.3) is 26.5 Å². The number of imidazole rings is 1. The zero-order chi connectivity index (χ0) is 31.2. The molecule has 0 unspecified atom stereocenters. The van der Waals surface area contributed by atoms with Crippen LogP contribution < -0.4 is 14.8 Å². The van der Waals surface area contributed by atoms with E-state index in [4.69, 9.17) is 33.0 Å². The average molecular weight is 682 g/mol. The van der Waals surface area contributed by atoms with E-state index in [1.54, 1.807) is 0 Å². The van der Waals surface area contributed by atoms with E-state index < -0.39 is 43.7 Å². The molecule has 0 atom stereocenters. The summed E-state index contributed by atoms with van der Waals surface area (Å²) in [6.07, 6.45) is 2.48. The van der Waals surface area contributed by atoms with Gasteiger partial charge in [-0.15, -0.1) is 0 Å². The molecule has 0 amide bonds. The summed E-state index contributed by atoms with van der Waals surface area (Å²) in [5, 5.41) is 11.5. The van der Waals surface area contributed by atoms with Gasteiger partial charge >= 0.3 is 0 Å². The van der Waals surface area contributed by atoms with Crippen molar-refractivity contribution >= 4 is 83.1 Å². The fourth-order valence-electron chi connectivity index (χ4n) is 4.14. The number of nitrogens with zero attached hydrogens (tertiary/aromatic N) is 5. The highest BCUT2D eigenvalue weighted by atomic mass is 35.5. The van der Waals surface area contributed by atoms with Crippen molar-refractivity contribution in [3.8, 4) is 10.9 Å². The van der Waals surface area contributed by atoms with E-state index in [1.165, 1.54) is 35.2 Å². The first-order valence-corrected chi connectivity index (χ1v) is 15.4. The molecular weight excluding hydrogens is 666 g/mol. The quantitative estimate of drug-likeness (QED) is 0.166. The topological polar surface area (TPSA) is 144 Å². The molecule has 0 spiro atoms. The highest BCUT2D eigenvalue weighted by molar-refractivity contribution is 7.92. The Morgan fingerprint density at radius 2 is 1.84 bits per heavy atom. The summed E-state index contributed by atoms with van der Waals surface area (Å²) in [4.78, 5) is 16.7. The maximum absolute atomic E-state index is 15.6. The van der Waals surface area contributed by atoms with Crippen LogP contribution in [0.1, 0.15) is 0 Å². The maximum Gasteiger partial charge on any atom is 0.263 e. The molecule has 18 heteroatoms. The molecular formula is C26H16Cl2F3N7O4S2. The maximum atomic E-state index is 15.6. The Balaban J connectivity index is 1.36. The van der Waals surface area contributed by atoms with E-state index in [-0.39, 0.29) is 51.0 Å². The first-order valence-electron chi connectivity index (χ1n) is 12.3. The normalized spacial score (nSPS) is 11.8. The second kappa shape index (κ2) is 11.7. The van der Waals surface area contributed by atoms with Crippen LogP contribution in [0.15, 0.2) is 60.0 Å². The molecule has 6 aromatic rings. The summed E-state index contributed by atoms with van der Waals surface area (Å²) in [5.41, 5.74) is -0.861. The lowest BCUT2D eigenvalue weighted by molar-refractivity contribution is 0.201. The number of aliphatic hydroxyl groups excluding tert-OH is 1. The van der Waals surface area contributed by atoms with Gasteiger partial charge in [0.25, 0.3) is 10.0 Å². The zero-order valence-electron chi connectivity index (χ0n) is 21.7. The van der Waals surface area contributed by atoms with Crippen LogP contribution in [0.2, 0.25) is 10.0 Å². The summed E-state index contributed by atoms with van der Waals surface area (Å²) in [5.74, 6) is -2.93. The van der Waals surface area contributed by atoms with Crippen molar-refractivity contribution in [2.24, 2.45) is 0 Å². The van der Waals surface area contributed by atoms with Crippen LogP contribution in [-0.4, -0.2) is 51.2 Å². The number of anilines is 3. The van der Waals surface area contributed by atoms with Crippen molar-refractivity contribution in [2.45, 2.75) is 4.90 Å². The average Bonchev–Trinajstić information content (AvgIpc) is 3.62. The molecule has 0 radical (unpaired) electrons. The molecule has 226 valence electrons. The molecule has 3 aromatic heterocycles. The number of hydrogen-bond donors (Lipinski definition) is 3. The van der Waals surface area contributed by atoms with Crippen LogP contribution in [0.4, 0.5) is 30.4 Å². The van der Waals surface area contributed by atoms with Gasteiger partial charge in [-0.2, -0.15) is 0 Å². The Morgan fingerprint density at radius 1 is 1.02 bits per heavy atom. The van der Waals surface area contributed by atoms with Gasteiger partial charge in [0.05, 0.1) is 27.9 Å². The molecule has 11 nitrogen and oxygen atoms in total. The first-order chi connectivity index (χ1) is 21.1. The summed E-state index contributed by atoms with van der Waals surface area (Å²) in [6.45, 7) is -0.313. The molecule has 3 heterocycles. The van der Waals surface area contributed by atoms with E-state index in [2.05, 4.69) is 30.0 Å². The van der Waals surface area contributed by atoms with Gasteiger partial charge in [-0.25, -0.2) is 41.5 Å². The van der Waals surface area contributed by atoms with Gasteiger partial charge < -0.3 is 15.2 Å². The molecule has 3 N–H and O–H groups in total. The van der Waals surface area contributed by atoms with Crippen LogP contribution in [-0.2, 0) is 10.0 Å². The Bertz CT molecular complexity index is 2180. The van der Waals surface area contributed by atoms with Gasteiger partial charge in [-0.1, -0.05) is 40.6 Å². The number of benzene rings is 3. The molecule has 0 aliphatic heterocycles. The minimum atomic E-state index is -4.43. The van der Waals surface area contributed by atoms with Gasteiger partial charge in [0.2, 0.25) is 0 Å². The van der Waals surface area contributed by atoms with Gasteiger partial charge in [0, 0.05) is 12.1 Å². The fourth-order valence-corrected chi connectivity index (χ4v) is 6.86. The number of sulfonamides is 1. The van der Waals surface area contributed by atoms with E-state index in [0.717, 1.165) is 35.9 Å². The number of nitrogens with one attached hydrogen (secondary N) is 2. The van der Waals surface area contributed by atoms with E-state index in [9.17, 15) is 17.2 Å². The van der Waals surface area contributed by atoms with Crippen molar-refractivity contribution < 1.29 is 31.4 Å². The van der Waals surface area contributed by atoms with Crippen molar-refractivity contribution in [3.05, 3.63) is 82.6 Å². The molecule has 0 aliphatic carbocycles. The predicted octanol–water partition coefficient (Wildman–Crippen LogP) is 6.06. The van der Waals surface area contributed by atoms with E-state index in [0.29, 0.717) is 10.3 Å². The molecule has 0 aliphatic rings. The van der Waals surface area contributed by atoms with Gasteiger partial charge in [0.1, 0.15) is 52.4 Å². The summed E-state index contributed by atoms with van der Waals surface area (Å²) < 4.78 is 79.9. The molecule has 0 bridgehead atoms. The van der Waals surface area contributed by atoms with E-state index in [1.807, 2.05) is 0 Å². The highest BCUT2D eigenvalue weighted by Gasteiger charge is 2.24. The third-order valence-corrected chi connectivity index (χ3v) is 9.41. The lowest BCUT2D eigenvalue weighted by Gasteiger charge is -2.14.